The predicted octanol–water partition coefficient (Wildman–Crippen LogP) is 14.3. The molecule has 0 aromatic rings. The van der Waals surface area contributed by atoms with Crippen LogP contribution >= 0.6 is 0 Å². The minimum atomic E-state index is 1.19. The Morgan fingerprint density at radius 2 is 0.333 bits per heavy atom. The molecule has 0 saturated carbocycles. The van der Waals surface area contributed by atoms with Gasteiger partial charge in [-0.2, -0.15) is 0 Å². The van der Waals surface area contributed by atoms with Gasteiger partial charge >= 0.3 is 0 Å². The molecule has 0 aliphatic carbocycles. The molecule has 0 aromatic heterocycles. The van der Waals surface area contributed by atoms with E-state index in [2.05, 4.69) is 53.4 Å². The fourth-order valence-electron chi connectivity index (χ4n) is 5.21. The van der Waals surface area contributed by atoms with Crippen molar-refractivity contribution in [2.24, 2.45) is 0 Å². The van der Waals surface area contributed by atoms with Gasteiger partial charge < -0.3 is 4.90 Å². The highest BCUT2D eigenvalue weighted by atomic mass is 15.1. The summed E-state index contributed by atoms with van der Waals surface area (Å²) in [7, 11) is 0. The van der Waals surface area contributed by atoms with Crippen LogP contribution in [0.2, 0.25) is 0 Å². The van der Waals surface area contributed by atoms with Crippen LogP contribution in [0.3, 0.4) is 0 Å². The predicted molar refractivity (Wildman–Crippen MR) is 185 cm³/mol. The number of unbranched alkanes of at least 4 members (excludes halogenated alkanes) is 26. The molecule has 0 aromatic carbocycles. The zero-order valence-corrected chi connectivity index (χ0v) is 29.4. The summed E-state index contributed by atoms with van der Waals surface area (Å²) in [5, 5.41) is 0. The van der Waals surface area contributed by atoms with Gasteiger partial charge in [0.25, 0.3) is 0 Å². The van der Waals surface area contributed by atoms with Crippen LogP contribution in [0.1, 0.15) is 228 Å². The number of nitrogens with zero attached hydrogens (tertiary/aromatic N) is 1. The van der Waals surface area contributed by atoms with Crippen molar-refractivity contribution in [3.8, 4) is 0 Å². The highest BCUT2D eigenvalue weighted by molar-refractivity contribution is 4.50. The molecule has 0 saturated heterocycles. The molecular weight excluding hydrogens is 470 g/mol. The quantitative estimate of drug-likeness (QED) is 0.0832. The molecule has 0 aliphatic heterocycles. The van der Waals surface area contributed by atoms with Crippen molar-refractivity contribution >= 4 is 0 Å². The van der Waals surface area contributed by atoms with Gasteiger partial charge in [0.15, 0.2) is 0 Å². The molecular formula is C38H83N. The lowest BCUT2D eigenvalue weighted by Crippen LogP contribution is -2.21. The standard InChI is InChI=1S/2C16H34.C6H15N/c2*1-3-5-7-9-11-13-15-16-14-12-10-8-6-4-2;1-4-7(5-2)6-3/h2*3-16H2,1-2H3;4-6H2,1-3H3. The first-order chi connectivity index (χ1) is 19.2. The lowest BCUT2D eigenvalue weighted by Gasteiger charge is -2.13. The lowest BCUT2D eigenvalue weighted by atomic mass is 10.0. The van der Waals surface area contributed by atoms with Crippen molar-refractivity contribution in [2.75, 3.05) is 19.6 Å². The highest BCUT2D eigenvalue weighted by Crippen LogP contribution is 2.14. The van der Waals surface area contributed by atoms with Gasteiger partial charge in [-0.15, -0.1) is 0 Å². The van der Waals surface area contributed by atoms with Gasteiger partial charge in [-0.1, -0.05) is 228 Å². The minimum absolute atomic E-state index is 1.19. The fraction of sp³-hybridized carbons (Fsp3) is 1.00. The van der Waals surface area contributed by atoms with E-state index < -0.39 is 0 Å². The molecule has 0 rings (SSSR count). The monoisotopic (exact) mass is 554 g/mol. The molecule has 0 aliphatic rings. The van der Waals surface area contributed by atoms with E-state index in [0.29, 0.717) is 0 Å². The maximum Gasteiger partial charge on any atom is -0.00474 e. The lowest BCUT2D eigenvalue weighted by molar-refractivity contribution is 0.321. The first kappa shape index (κ1) is 43.4. The largest absolute Gasteiger partial charge is 0.304 e. The number of rotatable bonds is 29. The summed E-state index contributed by atoms with van der Waals surface area (Å²) in [5.74, 6) is 0. The van der Waals surface area contributed by atoms with Gasteiger partial charge in [-0.25, -0.2) is 0 Å². The summed E-state index contributed by atoms with van der Waals surface area (Å²) in [5.41, 5.74) is 0. The fourth-order valence-corrected chi connectivity index (χ4v) is 5.21. The summed E-state index contributed by atoms with van der Waals surface area (Å²) in [4.78, 5) is 2.38. The summed E-state index contributed by atoms with van der Waals surface area (Å²) < 4.78 is 0. The molecule has 1 nitrogen and oxygen atoms in total. The van der Waals surface area contributed by atoms with Crippen LogP contribution in [0.4, 0.5) is 0 Å². The van der Waals surface area contributed by atoms with Gasteiger partial charge in [0.05, 0.1) is 0 Å². The van der Waals surface area contributed by atoms with Crippen LogP contribution < -0.4 is 0 Å². The van der Waals surface area contributed by atoms with Gasteiger partial charge in [0.2, 0.25) is 0 Å². The molecule has 0 N–H and O–H groups in total. The van der Waals surface area contributed by atoms with Crippen molar-refractivity contribution in [1.82, 2.24) is 4.90 Å². The molecule has 0 spiro atoms. The Balaban J connectivity index is -0.000000537. The SMILES string of the molecule is CCCCCCCCCCCCCCCC.CCCCCCCCCCCCCCCC.CCN(CC)CC. The third-order valence-corrected chi connectivity index (χ3v) is 8.26. The summed E-state index contributed by atoms with van der Waals surface area (Å²) in [6.45, 7) is 19.3. The molecule has 0 heterocycles. The van der Waals surface area contributed by atoms with Crippen LogP contribution in [0.15, 0.2) is 0 Å². The third-order valence-electron chi connectivity index (χ3n) is 8.26. The van der Waals surface area contributed by atoms with Gasteiger partial charge in [-0.05, 0) is 19.6 Å². The zero-order chi connectivity index (χ0) is 29.5. The van der Waals surface area contributed by atoms with E-state index in [1.165, 1.54) is 199 Å². The van der Waals surface area contributed by atoms with Crippen LogP contribution in [0.5, 0.6) is 0 Å². The van der Waals surface area contributed by atoms with Crippen molar-refractivity contribution in [1.29, 1.82) is 0 Å². The van der Waals surface area contributed by atoms with E-state index >= 15 is 0 Å². The number of hydrogen-bond acceptors (Lipinski definition) is 1. The second kappa shape index (κ2) is 45.0. The van der Waals surface area contributed by atoms with Crippen LogP contribution in [-0.2, 0) is 0 Å². The van der Waals surface area contributed by atoms with Gasteiger partial charge in [-0.3, -0.25) is 0 Å². The smallest absolute Gasteiger partial charge is 0.00474 e. The maximum absolute atomic E-state index is 2.38. The molecule has 1 heteroatoms. The maximum atomic E-state index is 2.38. The summed E-state index contributed by atoms with van der Waals surface area (Å²) >= 11 is 0. The summed E-state index contributed by atoms with van der Waals surface area (Å²) in [6, 6.07) is 0. The second-order valence-electron chi connectivity index (χ2n) is 12.1. The van der Waals surface area contributed by atoms with Crippen LogP contribution in [0.25, 0.3) is 0 Å². The van der Waals surface area contributed by atoms with Crippen molar-refractivity contribution in [2.45, 2.75) is 228 Å². The molecule has 0 amide bonds. The molecule has 0 fully saturated rings. The Morgan fingerprint density at radius 1 is 0.205 bits per heavy atom. The minimum Gasteiger partial charge on any atom is -0.304 e. The van der Waals surface area contributed by atoms with Gasteiger partial charge in [0, 0.05) is 0 Å². The Kier molecular flexibility index (Phi) is 50.1. The second-order valence-corrected chi connectivity index (χ2v) is 12.1. The molecule has 0 unspecified atom stereocenters. The van der Waals surface area contributed by atoms with E-state index in [1.54, 1.807) is 0 Å². The average Bonchev–Trinajstić information content (AvgIpc) is 2.96. The molecule has 0 bridgehead atoms. The normalized spacial score (nSPS) is 10.8. The Hall–Kier alpha value is -0.0400. The topological polar surface area (TPSA) is 3.24 Å². The van der Waals surface area contributed by atoms with E-state index in [9.17, 15) is 0 Å². The van der Waals surface area contributed by atoms with E-state index in [-0.39, 0.29) is 0 Å². The van der Waals surface area contributed by atoms with Crippen molar-refractivity contribution in [3.05, 3.63) is 0 Å². The molecule has 39 heavy (non-hydrogen) atoms. The zero-order valence-electron chi connectivity index (χ0n) is 29.4. The highest BCUT2D eigenvalue weighted by Gasteiger charge is 1.94. The molecule has 0 radical (unpaired) electrons. The van der Waals surface area contributed by atoms with Gasteiger partial charge in [0.1, 0.15) is 0 Å². The van der Waals surface area contributed by atoms with E-state index in [1.807, 2.05) is 0 Å². The first-order valence-corrected chi connectivity index (χ1v) is 18.9. The Labute approximate surface area is 252 Å². The average molecular weight is 554 g/mol. The first-order valence-electron chi connectivity index (χ1n) is 18.9. The van der Waals surface area contributed by atoms with Crippen LogP contribution in [-0.4, -0.2) is 24.5 Å². The number of hydrogen-bond donors (Lipinski definition) is 0. The van der Waals surface area contributed by atoms with Crippen LogP contribution in [0, 0.1) is 0 Å². The summed E-state index contributed by atoms with van der Waals surface area (Å²) in [6.07, 6.45) is 40.8. The van der Waals surface area contributed by atoms with E-state index in [0.717, 1.165) is 0 Å². The van der Waals surface area contributed by atoms with Crippen molar-refractivity contribution < 1.29 is 0 Å². The Morgan fingerprint density at radius 3 is 0.410 bits per heavy atom. The molecule has 240 valence electrons. The third kappa shape index (κ3) is 48.1. The van der Waals surface area contributed by atoms with Crippen molar-refractivity contribution in [3.63, 3.8) is 0 Å². The Bertz CT molecular complexity index is 287. The van der Waals surface area contributed by atoms with E-state index in [4.69, 9.17) is 0 Å². The molecule has 0 atom stereocenters.